The van der Waals surface area contributed by atoms with Crippen LogP contribution in [0.25, 0.3) is 0 Å². The van der Waals surface area contributed by atoms with E-state index in [-0.39, 0.29) is 17.7 Å². The minimum atomic E-state index is -0.425. The van der Waals surface area contributed by atoms with Gasteiger partial charge in [0.2, 0.25) is 0 Å². The Hall–Kier alpha value is -0.260. The Kier molecular flexibility index (Phi) is 7.42. The summed E-state index contributed by atoms with van der Waals surface area (Å²) in [5.41, 5.74) is -0.241. The molecule has 8 atom stereocenters. The Morgan fingerprint density at radius 2 is 1.75 bits per heavy atom. The third-order valence-corrected chi connectivity index (χ3v) is 8.44. The molecule has 0 radical (unpaired) electrons. The van der Waals surface area contributed by atoms with Crippen molar-refractivity contribution >= 4 is 17.7 Å². The maximum atomic E-state index is 11.9. The summed E-state index contributed by atoms with van der Waals surface area (Å²) in [5, 5.41) is 0. The molecule has 0 spiro atoms. The van der Waals surface area contributed by atoms with Crippen molar-refractivity contribution in [2.75, 3.05) is 12.4 Å². The average Bonchev–Trinajstić information content (AvgIpc) is 2.78. The number of thioether (sulfide) groups is 1. The molecule has 2 aliphatic heterocycles. The summed E-state index contributed by atoms with van der Waals surface area (Å²) in [6.45, 7) is 13.2. The van der Waals surface area contributed by atoms with Gasteiger partial charge in [-0.3, -0.25) is 4.79 Å². The summed E-state index contributed by atoms with van der Waals surface area (Å²) < 4.78 is 18.3. The second kappa shape index (κ2) is 9.26. The fourth-order valence-electron chi connectivity index (χ4n) is 5.28. The van der Waals surface area contributed by atoms with Crippen molar-refractivity contribution in [1.29, 1.82) is 0 Å². The van der Waals surface area contributed by atoms with E-state index in [1.54, 1.807) is 0 Å². The van der Waals surface area contributed by atoms with Gasteiger partial charge < -0.3 is 14.2 Å². The Morgan fingerprint density at radius 3 is 2.46 bits per heavy atom. The monoisotopic (exact) mass is 412 g/mol. The summed E-state index contributed by atoms with van der Waals surface area (Å²) >= 11 is 1.88. The molecule has 8 unspecified atom stereocenters. The Morgan fingerprint density at radius 1 is 1.04 bits per heavy atom. The molecule has 162 valence electrons. The molecule has 2 saturated heterocycles. The topological polar surface area (TPSA) is 44.8 Å². The molecular weight excluding hydrogens is 372 g/mol. The lowest BCUT2D eigenvalue weighted by Crippen LogP contribution is -2.52. The van der Waals surface area contributed by atoms with Crippen LogP contribution in [0.3, 0.4) is 0 Å². The van der Waals surface area contributed by atoms with Crippen molar-refractivity contribution in [3.8, 4) is 0 Å². The molecule has 3 fully saturated rings. The molecule has 0 bridgehead atoms. The van der Waals surface area contributed by atoms with E-state index < -0.39 is 5.41 Å². The maximum absolute atomic E-state index is 11.9. The van der Waals surface area contributed by atoms with Gasteiger partial charge in [0.05, 0.1) is 18.1 Å². The van der Waals surface area contributed by atoms with Crippen LogP contribution in [-0.4, -0.2) is 36.2 Å². The van der Waals surface area contributed by atoms with Gasteiger partial charge in [-0.05, 0) is 82.8 Å². The van der Waals surface area contributed by atoms with Crippen molar-refractivity contribution in [3.05, 3.63) is 0 Å². The molecule has 2 heterocycles. The van der Waals surface area contributed by atoms with Crippen LogP contribution >= 0.6 is 11.8 Å². The van der Waals surface area contributed by atoms with Crippen LogP contribution in [0.1, 0.15) is 73.6 Å². The summed E-state index contributed by atoms with van der Waals surface area (Å²) in [4.78, 5) is 11.9. The first-order valence-electron chi connectivity index (χ1n) is 11.3. The number of carbonyl (C=O) groups is 1. The van der Waals surface area contributed by atoms with E-state index >= 15 is 0 Å². The normalized spacial score (nSPS) is 41.1. The molecule has 4 nitrogen and oxygen atoms in total. The summed E-state index contributed by atoms with van der Waals surface area (Å²) in [6, 6.07) is 0. The van der Waals surface area contributed by atoms with Gasteiger partial charge in [-0.25, -0.2) is 0 Å². The minimum absolute atomic E-state index is 0.0392. The molecule has 3 aliphatic rings. The highest BCUT2D eigenvalue weighted by Gasteiger charge is 2.52. The van der Waals surface area contributed by atoms with E-state index in [0.29, 0.717) is 30.5 Å². The lowest BCUT2D eigenvalue weighted by Gasteiger charge is -2.52. The molecule has 28 heavy (non-hydrogen) atoms. The SMILES string of the molecule is CC1CCC2C(C)CCC3C(C)C(SCCCOC(=O)C(C)(C)C)OC(O1)C23. The van der Waals surface area contributed by atoms with E-state index in [0.717, 1.165) is 30.4 Å². The maximum Gasteiger partial charge on any atom is 0.311 e. The Labute approximate surface area is 175 Å². The summed E-state index contributed by atoms with van der Waals surface area (Å²) in [6.07, 6.45) is 6.21. The number of hydrogen-bond acceptors (Lipinski definition) is 5. The van der Waals surface area contributed by atoms with Crippen LogP contribution in [0.15, 0.2) is 0 Å². The van der Waals surface area contributed by atoms with Crippen molar-refractivity contribution < 1.29 is 19.0 Å². The predicted molar refractivity (Wildman–Crippen MR) is 114 cm³/mol. The third-order valence-electron chi connectivity index (χ3n) is 7.05. The molecule has 0 N–H and O–H groups in total. The Balaban J connectivity index is 1.54. The van der Waals surface area contributed by atoms with Crippen LogP contribution < -0.4 is 0 Å². The molecule has 5 heteroatoms. The summed E-state index contributed by atoms with van der Waals surface area (Å²) in [5.74, 6) is 4.19. The number of carbonyl (C=O) groups excluding carboxylic acids is 1. The van der Waals surface area contributed by atoms with Gasteiger partial charge in [-0.15, -0.1) is 11.8 Å². The second-order valence-electron chi connectivity index (χ2n) is 10.3. The number of rotatable bonds is 5. The van der Waals surface area contributed by atoms with Crippen LogP contribution in [0.2, 0.25) is 0 Å². The first-order chi connectivity index (χ1) is 13.2. The van der Waals surface area contributed by atoms with Gasteiger partial charge in [0, 0.05) is 5.92 Å². The molecule has 1 aliphatic carbocycles. The zero-order chi connectivity index (χ0) is 20.5. The molecule has 1 saturated carbocycles. The van der Waals surface area contributed by atoms with E-state index in [4.69, 9.17) is 14.2 Å². The number of ether oxygens (including phenoxy) is 3. The van der Waals surface area contributed by atoms with E-state index in [1.807, 2.05) is 32.5 Å². The fraction of sp³-hybridized carbons (Fsp3) is 0.957. The first kappa shape index (κ1) is 22.4. The highest BCUT2D eigenvalue weighted by Crippen LogP contribution is 2.53. The molecule has 0 aromatic heterocycles. The molecule has 0 amide bonds. The predicted octanol–water partition coefficient (Wildman–Crippen LogP) is 5.49. The highest BCUT2D eigenvalue weighted by molar-refractivity contribution is 7.99. The average molecular weight is 413 g/mol. The molecule has 0 aromatic carbocycles. The van der Waals surface area contributed by atoms with Crippen LogP contribution in [0.4, 0.5) is 0 Å². The Bertz CT molecular complexity index is 531. The van der Waals surface area contributed by atoms with Gasteiger partial charge in [0.1, 0.15) is 5.44 Å². The van der Waals surface area contributed by atoms with Crippen molar-refractivity contribution in [3.63, 3.8) is 0 Å². The largest absolute Gasteiger partial charge is 0.465 e. The third kappa shape index (κ3) is 5.07. The fourth-order valence-corrected chi connectivity index (χ4v) is 6.49. The van der Waals surface area contributed by atoms with Gasteiger partial charge in [-0.1, -0.05) is 20.3 Å². The van der Waals surface area contributed by atoms with E-state index in [1.165, 1.54) is 19.3 Å². The minimum Gasteiger partial charge on any atom is -0.465 e. The lowest BCUT2D eigenvalue weighted by atomic mass is 9.61. The van der Waals surface area contributed by atoms with Crippen molar-refractivity contribution in [2.24, 2.45) is 35.0 Å². The summed E-state index contributed by atoms with van der Waals surface area (Å²) in [7, 11) is 0. The van der Waals surface area contributed by atoms with Crippen molar-refractivity contribution in [1.82, 2.24) is 0 Å². The molecule has 3 rings (SSSR count). The zero-order valence-corrected chi connectivity index (χ0v) is 19.4. The van der Waals surface area contributed by atoms with E-state index in [2.05, 4.69) is 20.8 Å². The highest BCUT2D eigenvalue weighted by atomic mass is 32.2. The van der Waals surface area contributed by atoms with Crippen molar-refractivity contribution in [2.45, 2.75) is 91.5 Å². The van der Waals surface area contributed by atoms with Gasteiger partial charge >= 0.3 is 5.97 Å². The quantitative estimate of drug-likeness (QED) is 0.441. The van der Waals surface area contributed by atoms with Crippen LogP contribution in [0, 0.1) is 35.0 Å². The smallest absolute Gasteiger partial charge is 0.311 e. The first-order valence-corrected chi connectivity index (χ1v) is 12.3. The molecule has 0 aromatic rings. The van der Waals surface area contributed by atoms with Gasteiger partial charge in [0.25, 0.3) is 0 Å². The zero-order valence-electron chi connectivity index (χ0n) is 18.6. The van der Waals surface area contributed by atoms with Crippen LogP contribution in [0.5, 0.6) is 0 Å². The number of hydrogen-bond donors (Lipinski definition) is 0. The number of esters is 1. The van der Waals surface area contributed by atoms with Crippen LogP contribution in [-0.2, 0) is 19.0 Å². The molecular formula is C23H40O4S. The van der Waals surface area contributed by atoms with Gasteiger partial charge in [-0.2, -0.15) is 0 Å². The standard InChI is InChI=1S/C23H40O4S/c1-14-8-10-18-16(3)21(28-13-7-12-25-22(24)23(4,5)6)27-20-19(18)17(14)11-9-15(2)26-20/h14-21H,7-13H2,1-6H3. The lowest BCUT2D eigenvalue weighted by molar-refractivity contribution is -0.258. The van der Waals surface area contributed by atoms with E-state index in [9.17, 15) is 4.79 Å². The van der Waals surface area contributed by atoms with Gasteiger partial charge in [0.15, 0.2) is 6.29 Å². The second-order valence-corrected chi connectivity index (χ2v) is 11.5.